The number of hydrogen-bond donors (Lipinski definition) is 0. The molecule has 0 spiro atoms. The van der Waals surface area contributed by atoms with Crippen LogP contribution in [0.2, 0.25) is 0 Å². The third-order valence-electron chi connectivity index (χ3n) is 2.84. The molecule has 2 aromatic rings. The highest BCUT2D eigenvalue weighted by Crippen LogP contribution is 2.34. The van der Waals surface area contributed by atoms with Crippen molar-refractivity contribution < 1.29 is 9.53 Å². The van der Waals surface area contributed by atoms with Crippen molar-refractivity contribution in [2.24, 2.45) is 0 Å². The zero-order chi connectivity index (χ0) is 11.1. The molecular weight excluding hydrogens is 268 g/mol. The number of fused-ring (bicyclic) bond motifs is 3. The molecule has 2 nitrogen and oxygen atoms in total. The Bertz CT molecular complexity index is 590. The van der Waals surface area contributed by atoms with Crippen molar-refractivity contribution in [1.82, 2.24) is 0 Å². The molecule has 0 atom stereocenters. The van der Waals surface area contributed by atoms with Crippen molar-refractivity contribution in [3.63, 3.8) is 0 Å². The third-order valence-corrected chi connectivity index (χ3v) is 3.53. The highest BCUT2D eigenvalue weighted by Gasteiger charge is 2.21. The normalized spacial score (nSPS) is 14.7. The van der Waals surface area contributed by atoms with Crippen molar-refractivity contribution in [1.29, 1.82) is 0 Å². The van der Waals surface area contributed by atoms with Gasteiger partial charge in [0.15, 0.2) is 5.78 Å². The summed E-state index contributed by atoms with van der Waals surface area (Å²) >= 11 is 3.49. The fraction of sp³-hybridized carbons (Fsp3) is 0.154. The van der Waals surface area contributed by atoms with Crippen molar-refractivity contribution in [2.45, 2.75) is 6.42 Å². The van der Waals surface area contributed by atoms with Gasteiger partial charge in [-0.2, -0.15) is 0 Å². The first-order chi connectivity index (χ1) is 7.77. The predicted octanol–water partition coefficient (Wildman–Crippen LogP) is 3.57. The number of ether oxygens (including phenoxy) is 1. The monoisotopic (exact) mass is 276 g/mol. The molecule has 0 aromatic heterocycles. The second-order valence-corrected chi connectivity index (χ2v) is 4.65. The lowest BCUT2D eigenvalue weighted by molar-refractivity contribution is 0.0936. The molecule has 0 bridgehead atoms. The van der Waals surface area contributed by atoms with Gasteiger partial charge in [0.05, 0.1) is 12.2 Å². The first-order valence-corrected chi connectivity index (χ1v) is 5.94. The van der Waals surface area contributed by atoms with E-state index >= 15 is 0 Å². The summed E-state index contributed by atoms with van der Waals surface area (Å²) < 4.78 is 6.51. The highest BCUT2D eigenvalue weighted by molar-refractivity contribution is 9.10. The first-order valence-electron chi connectivity index (χ1n) is 5.14. The molecule has 0 saturated heterocycles. The Kier molecular flexibility index (Phi) is 2.21. The van der Waals surface area contributed by atoms with Crippen LogP contribution in [-0.4, -0.2) is 12.4 Å². The van der Waals surface area contributed by atoms with Crippen LogP contribution in [-0.2, 0) is 0 Å². The quantitative estimate of drug-likeness (QED) is 0.735. The summed E-state index contributed by atoms with van der Waals surface area (Å²) in [5.41, 5.74) is 0.727. The van der Waals surface area contributed by atoms with Crippen LogP contribution < -0.4 is 4.74 Å². The van der Waals surface area contributed by atoms with Gasteiger partial charge in [-0.3, -0.25) is 4.79 Å². The lowest BCUT2D eigenvalue weighted by atomic mass is 9.97. The minimum Gasteiger partial charge on any atom is -0.492 e. The first kappa shape index (κ1) is 9.85. The molecule has 1 aliphatic heterocycles. The maximum atomic E-state index is 11.9. The molecule has 1 heterocycles. The lowest BCUT2D eigenvalue weighted by Gasteiger charge is -2.18. The molecule has 3 heteroatoms. The van der Waals surface area contributed by atoms with E-state index in [1.54, 1.807) is 0 Å². The molecule has 0 radical (unpaired) electrons. The van der Waals surface area contributed by atoms with E-state index < -0.39 is 0 Å². The van der Waals surface area contributed by atoms with E-state index in [9.17, 15) is 4.79 Å². The van der Waals surface area contributed by atoms with Crippen molar-refractivity contribution >= 4 is 32.5 Å². The molecule has 16 heavy (non-hydrogen) atoms. The van der Waals surface area contributed by atoms with E-state index in [4.69, 9.17) is 4.74 Å². The molecule has 3 rings (SSSR count). The zero-order valence-electron chi connectivity index (χ0n) is 8.50. The van der Waals surface area contributed by atoms with Crippen molar-refractivity contribution in [3.8, 4) is 5.75 Å². The summed E-state index contributed by atoms with van der Waals surface area (Å²) in [7, 11) is 0. The Hall–Kier alpha value is -1.35. The molecule has 0 saturated carbocycles. The largest absolute Gasteiger partial charge is 0.492 e. The third kappa shape index (κ3) is 1.35. The van der Waals surface area contributed by atoms with Crippen LogP contribution in [0.25, 0.3) is 10.8 Å². The lowest BCUT2D eigenvalue weighted by Crippen LogP contribution is -2.15. The van der Waals surface area contributed by atoms with Crippen LogP contribution in [0.3, 0.4) is 0 Å². The number of hydrogen-bond acceptors (Lipinski definition) is 2. The van der Waals surface area contributed by atoms with Crippen LogP contribution in [0.5, 0.6) is 5.75 Å². The average Bonchev–Trinajstić information content (AvgIpc) is 2.29. The van der Waals surface area contributed by atoms with Gasteiger partial charge in [0.1, 0.15) is 5.75 Å². The Morgan fingerprint density at radius 3 is 2.88 bits per heavy atom. The second-order valence-electron chi connectivity index (χ2n) is 3.80. The molecule has 80 valence electrons. The number of rotatable bonds is 0. The van der Waals surface area contributed by atoms with Gasteiger partial charge in [0, 0.05) is 10.9 Å². The van der Waals surface area contributed by atoms with Gasteiger partial charge in [0.25, 0.3) is 0 Å². The summed E-state index contributed by atoms with van der Waals surface area (Å²) in [5.74, 6) is 0.881. The number of ketones is 1. The SMILES string of the molecule is O=C1CCOc2ccc3c(Br)cccc3c21. The molecule has 0 aliphatic carbocycles. The number of halogens is 1. The van der Waals surface area contributed by atoms with Gasteiger partial charge in [-0.25, -0.2) is 0 Å². The summed E-state index contributed by atoms with van der Waals surface area (Å²) in [6.07, 6.45) is 0.471. The van der Waals surface area contributed by atoms with E-state index in [0.29, 0.717) is 18.8 Å². The molecule has 0 amide bonds. The molecule has 0 unspecified atom stereocenters. The summed E-state index contributed by atoms with van der Waals surface area (Å²) in [5, 5.41) is 2.02. The average molecular weight is 277 g/mol. The van der Waals surface area contributed by atoms with Gasteiger partial charge in [-0.1, -0.05) is 28.1 Å². The summed E-state index contributed by atoms with van der Waals surface area (Å²) in [6, 6.07) is 9.74. The van der Waals surface area contributed by atoms with Gasteiger partial charge < -0.3 is 4.74 Å². The number of carbonyl (C=O) groups excluding carboxylic acids is 1. The van der Waals surface area contributed by atoms with E-state index in [-0.39, 0.29) is 5.78 Å². The standard InChI is InChI=1S/C13H9BrO2/c14-10-3-1-2-9-8(10)4-5-12-13(9)11(15)6-7-16-12/h1-5H,6-7H2. The van der Waals surface area contributed by atoms with Gasteiger partial charge >= 0.3 is 0 Å². The molecule has 0 N–H and O–H groups in total. The number of Topliss-reactive ketones (excluding diaryl/α,β-unsaturated/α-hetero) is 1. The maximum Gasteiger partial charge on any atom is 0.170 e. The second kappa shape index (κ2) is 3.59. The van der Waals surface area contributed by atoms with Gasteiger partial charge in [0.2, 0.25) is 0 Å². The van der Waals surface area contributed by atoms with E-state index in [2.05, 4.69) is 15.9 Å². The van der Waals surface area contributed by atoms with Crippen molar-refractivity contribution in [3.05, 3.63) is 40.4 Å². The minimum absolute atomic E-state index is 0.171. The Morgan fingerprint density at radius 2 is 2.00 bits per heavy atom. The molecule has 2 aromatic carbocycles. The summed E-state index contributed by atoms with van der Waals surface area (Å²) in [4.78, 5) is 11.9. The van der Waals surface area contributed by atoms with Crippen LogP contribution in [0.4, 0.5) is 0 Å². The fourth-order valence-corrected chi connectivity index (χ4v) is 2.58. The fourth-order valence-electron chi connectivity index (χ4n) is 2.09. The Balaban J connectivity index is 2.42. The van der Waals surface area contributed by atoms with Gasteiger partial charge in [-0.05, 0) is 29.0 Å². The van der Waals surface area contributed by atoms with Crippen LogP contribution >= 0.6 is 15.9 Å². The summed E-state index contributed by atoms with van der Waals surface area (Å²) in [6.45, 7) is 0.491. The van der Waals surface area contributed by atoms with Gasteiger partial charge in [-0.15, -0.1) is 0 Å². The van der Waals surface area contributed by atoms with E-state index in [1.807, 2.05) is 30.3 Å². The predicted molar refractivity (Wildman–Crippen MR) is 66.1 cm³/mol. The van der Waals surface area contributed by atoms with Crippen molar-refractivity contribution in [2.75, 3.05) is 6.61 Å². The minimum atomic E-state index is 0.171. The number of carbonyl (C=O) groups is 1. The molecule has 0 fully saturated rings. The number of benzene rings is 2. The Labute approximate surface area is 101 Å². The van der Waals surface area contributed by atoms with Crippen LogP contribution in [0.15, 0.2) is 34.8 Å². The highest BCUT2D eigenvalue weighted by atomic mass is 79.9. The zero-order valence-corrected chi connectivity index (χ0v) is 10.1. The van der Waals surface area contributed by atoms with E-state index in [1.165, 1.54) is 0 Å². The molecular formula is C13H9BrO2. The smallest absolute Gasteiger partial charge is 0.170 e. The maximum absolute atomic E-state index is 11.9. The molecule has 1 aliphatic rings. The van der Waals surface area contributed by atoms with E-state index in [0.717, 1.165) is 20.8 Å². The van der Waals surface area contributed by atoms with Crippen LogP contribution in [0, 0.1) is 0 Å². The topological polar surface area (TPSA) is 26.3 Å². The van der Waals surface area contributed by atoms with Crippen LogP contribution in [0.1, 0.15) is 16.8 Å². The Morgan fingerprint density at radius 1 is 1.12 bits per heavy atom.